The van der Waals surface area contributed by atoms with Crippen LogP contribution in [-0.4, -0.2) is 56.3 Å². The van der Waals surface area contributed by atoms with Gasteiger partial charge in [0, 0.05) is 25.5 Å². The minimum Gasteiger partial charge on any atom is -0.388 e. The standard InChI is InChI=1S/C9H11N3O3/c13-7-4-12(5-8(7)14)9(15)6-3-10-1-2-11-6/h1-3,7-8,13-14H,4-5H2. The average Bonchev–Trinajstić information content (AvgIpc) is 2.59. The first-order valence-corrected chi connectivity index (χ1v) is 4.60. The Kier molecular flexibility index (Phi) is 2.61. The number of nitrogens with zero attached hydrogens (tertiary/aromatic N) is 3. The highest BCUT2D eigenvalue weighted by Crippen LogP contribution is 2.12. The summed E-state index contributed by atoms with van der Waals surface area (Å²) in [6, 6.07) is 0. The first-order chi connectivity index (χ1) is 7.18. The summed E-state index contributed by atoms with van der Waals surface area (Å²) in [5.41, 5.74) is 0.221. The lowest BCUT2D eigenvalue weighted by atomic mass is 10.3. The number of amides is 1. The summed E-state index contributed by atoms with van der Waals surface area (Å²) >= 11 is 0. The molecule has 6 heteroatoms. The molecule has 0 bridgehead atoms. The highest BCUT2D eigenvalue weighted by molar-refractivity contribution is 5.92. The number of aliphatic hydroxyl groups excluding tert-OH is 2. The Labute approximate surface area is 86.2 Å². The van der Waals surface area contributed by atoms with Gasteiger partial charge in [0.2, 0.25) is 0 Å². The molecule has 80 valence electrons. The van der Waals surface area contributed by atoms with Crippen molar-refractivity contribution in [1.29, 1.82) is 0 Å². The zero-order chi connectivity index (χ0) is 10.8. The minimum absolute atomic E-state index is 0.135. The van der Waals surface area contributed by atoms with Gasteiger partial charge in [0.1, 0.15) is 5.69 Å². The summed E-state index contributed by atoms with van der Waals surface area (Å²) in [4.78, 5) is 20.7. The van der Waals surface area contributed by atoms with Gasteiger partial charge in [0.15, 0.2) is 0 Å². The van der Waals surface area contributed by atoms with Crippen LogP contribution in [0.1, 0.15) is 10.5 Å². The number of rotatable bonds is 1. The van der Waals surface area contributed by atoms with E-state index in [9.17, 15) is 15.0 Å². The summed E-state index contributed by atoms with van der Waals surface area (Å²) in [6.45, 7) is 0.271. The van der Waals surface area contributed by atoms with Gasteiger partial charge in [-0.3, -0.25) is 9.78 Å². The van der Waals surface area contributed by atoms with Gasteiger partial charge in [-0.15, -0.1) is 0 Å². The number of hydrogen-bond donors (Lipinski definition) is 2. The fourth-order valence-electron chi connectivity index (χ4n) is 1.51. The van der Waals surface area contributed by atoms with E-state index in [-0.39, 0.29) is 24.7 Å². The molecular formula is C9H11N3O3. The molecule has 1 saturated heterocycles. The van der Waals surface area contributed by atoms with Crippen molar-refractivity contribution in [3.05, 3.63) is 24.3 Å². The summed E-state index contributed by atoms with van der Waals surface area (Å²) < 4.78 is 0. The van der Waals surface area contributed by atoms with Crippen LogP contribution < -0.4 is 0 Å². The molecule has 2 N–H and O–H groups in total. The molecule has 0 aromatic carbocycles. The molecule has 0 aliphatic carbocycles. The van der Waals surface area contributed by atoms with Crippen LogP contribution in [0, 0.1) is 0 Å². The quantitative estimate of drug-likeness (QED) is 0.597. The monoisotopic (exact) mass is 209 g/mol. The van der Waals surface area contributed by atoms with E-state index in [0.29, 0.717) is 0 Å². The topological polar surface area (TPSA) is 86.6 Å². The van der Waals surface area contributed by atoms with Crippen LogP contribution in [0.15, 0.2) is 18.6 Å². The second-order valence-electron chi connectivity index (χ2n) is 3.44. The fourth-order valence-corrected chi connectivity index (χ4v) is 1.51. The fraction of sp³-hybridized carbons (Fsp3) is 0.444. The second-order valence-corrected chi connectivity index (χ2v) is 3.44. The lowest BCUT2D eigenvalue weighted by molar-refractivity contribution is 0.0572. The predicted octanol–water partition coefficient (Wildman–Crippen LogP) is -1.35. The summed E-state index contributed by atoms with van der Waals surface area (Å²) in [5.74, 6) is -0.321. The molecule has 1 aromatic heterocycles. The van der Waals surface area contributed by atoms with E-state index in [4.69, 9.17) is 0 Å². The van der Waals surface area contributed by atoms with E-state index >= 15 is 0 Å². The Hall–Kier alpha value is -1.53. The van der Waals surface area contributed by atoms with E-state index < -0.39 is 12.2 Å². The summed E-state index contributed by atoms with van der Waals surface area (Å²) in [6.07, 6.45) is 2.52. The molecule has 0 saturated carbocycles. The number of aliphatic hydroxyl groups is 2. The third-order valence-corrected chi connectivity index (χ3v) is 2.33. The van der Waals surface area contributed by atoms with E-state index in [1.165, 1.54) is 23.5 Å². The molecule has 2 rings (SSSR count). The van der Waals surface area contributed by atoms with Crippen molar-refractivity contribution in [3.8, 4) is 0 Å². The first-order valence-electron chi connectivity index (χ1n) is 4.60. The molecule has 1 aliphatic rings. The number of carbonyl (C=O) groups is 1. The molecule has 1 aliphatic heterocycles. The summed E-state index contributed by atoms with van der Waals surface area (Å²) in [5, 5.41) is 18.6. The van der Waals surface area contributed by atoms with E-state index in [1.807, 2.05) is 0 Å². The van der Waals surface area contributed by atoms with Crippen molar-refractivity contribution in [1.82, 2.24) is 14.9 Å². The molecular weight excluding hydrogens is 198 g/mol. The Morgan fingerprint density at radius 1 is 1.33 bits per heavy atom. The lowest BCUT2D eigenvalue weighted by Crippen LogP contribution is -2.30. The zero-order valence-corrected chi connectivity index (χ0v) is 7.95. The zero-order valence-electron chi connectivity index (χ0n) is 7.95. The van der Waals surface area contributed by atoms with Crippen molar-refractivity contribution < 1.29 is 15.0 Å². The Morgan fingerprint density at radius 2 is 2.00 bits per heavy atom. The van der Waals surface area contributed by atoms with Gasteiger partial charge >= 0.3 is 0 Å². The van der Waals surface area contributed by atoms with Crippen molar-refractivity contribution in [3.63, 3.8) is 0 Å². The highest BCUT2D eigenvalue weighted by atomic mass is 16.3. The van der Waals surface area contributed by atoms with Gasteiger partial charge < -0.3 is 15.1 Å². The molecule has 6 nitrogen and oxygen atoms in total. The van der Waals surface area contributed by atoms with Crippen LogP contribution in [0.4, 0.5) is 0 Å². The number of β-amino-alcohol motifs (C(OH)–C–C–N with tert-alkyl or cyclic N) is 2. The van der Waals surface area contributed by atoms with Gasteiger partial charge in [-0.25, -0.2) is 4.98 Å². The van der Waals surface area contributed by atoms with Crippen LogP contribution in [0.5, 0.6) is 0 Å². The number of hydrogen-bond acceptors (Lipinski definition) is 5. The van der Waals surface area contributed by atoms with Gasteiger partial charge in [-0.1, -0.05) is 0 Å². The molecule has 1 amide bonds. The maximum atomic E-state index is 11.7. The molecule has 2 heterocycles. The van der Waals surface area contributed by atoms with Crippen LogP contribution in [0.25, 0.3) is 0 Å². The van der Waals surface area contributed by atoms with Crippen LogP contribution >= 0.6 is 0 Å². The summed E-state index contributed by atoms with van der Waals surface area (Å²) in [7, 11) is 0. The van der Waals surface area contributed by atoms with Crippen molar-refractivity contribution in [2.24, 2.45) is 0 Å². The normalized spacial score (nSPS) is 25.6. The maximum Gasteiger partial charge on any atom is 0.274 e. The number of carbonyl (C=O) groups excluding carboxylic acids is 1. The van der Waals surface area contributed by atoms with Crippen LogP contribution in [-0.2, 0) is 0 Å². The first kappa shape index (κ1) is 10.0. The van der Waals surface area contributed by atoms with Crippen molar-refractivity contribution >= 4 is 5.91 Å². The second kappa shape index (κ2) is 3.92. The van der Waals surface area contributed by atoms with Crippen LogP contribution in [0.3, 0.4) is 0 Å². The maximum absolute atomic E-state index is 11.7. The van der Waals surface area contributed by atoms with Gasteiger partial charge in [-0.05, 0) is 0 Å². The van der Waals surface area contributed by atoms with E-state index in [1.54, 1.807) is 0 Å². The smallest absolute Gasteiger partial charge is 0.274 e. The van der Waals surface area contributed by atoms with E-state index in [2.05, 4.69) is 9.97 Å². The van der Waals surface area contributed by atoms with E-state index in [0.717, 1.165) is 0 Å². The third kappa shape index (κ3) is 1.95. The predicted molar refractivity (Wildman–Crippen MR) is 49.9 cm³/mol. The van der Waals surface area contributed by atoms with Gasteiger partial charge in [-0.2, -0.15) is 0 Å². The van der Waals surface area contributed by atoms with Crippen molar-refractivity contribution in [2.75, 3.05) is 13.1 Å². The van der Waals surface area contributed by atoms with Gasteiger partial charge in [0.25, 0.3) is 5.91 Å². The molecule has 2 unspecified atom stereocenters. The third-order valence-electron chi connectivity index (χ3n) is 2.33. The SMILES string of the molecule is O=C(c1cnccn1)N1CC(O)C(O)C1. The van der Waals surface area contributed by atoms with Crippen LogP contribution in [0.2, 0.25) is 0 Å². The Morgan fingerprint density at radius 3 is 2.53 bits per heavy atom. The lowest BCUT2D eigenvalue weighted by Gasteiger charge is -2.13. The molecule has 1 fully saturated rings. The minimum atomic E-state index is -0.870. The Balaban J connectivity index is 2.10. The number of aromatic nitrogens is 2. The molecule has 0 radical (unpaired) electrons. The average molecular weight is 209 g/mol. The molecule has 0 spiro atoms. The largest absolute Gasteiger partial charge is 0.388 e. The van der Waals surface area contributed by atoms with Crippen molar-refractivity contribution in [2.45, 2.75) is 12.2 Å². The molecule has 1 aromatic rings. The number of likely N-dealkylation sites (tertiary alicyclic amines) is 1. The molecule has 2 atom stereocenters. The van der Waals surface area contributed by atoms with Gasteiger partial charge in [0.05, 0.1) is 18.4 Å². The molecule has 15 heavy (non-hydrogen) atoms. The highest BCUT2D eigenvalue weighted by Gasteiger charge is 2.33. The Bertz CT molecular complexity index is 347.